The number of nitrogens with one attached hydrogen (secondary N) is 1. The topological polar surface area (TPSA) is 68.1 Å². The predicted octanol–water partition coefficient (Wildman–Crippen LogP) is 2.89. The monoisotopic (exact) mass is 311 g/mol. The number of nitrogens with zero attached hydrogens (tertiary/aromatic N) is 4. The number of pyridine rings is 1. The number of aromatic amines is 1. The molecule has 0 saturated heterocycles. The van der Waals surface area contributed by atoms with E-state index in [0.717, 1.165) is 16.9 Å². The molecule has 1 N–H and O–H groups in total. The molecule has 0 fully saturated rings. The summed E-state index contributed by atoms with van der Waals surface area (Å²) in [5, 5.41) is 11.4. The van der Waals surface area contributed by atoms with Crippen molar-refractivity contribution in [3.8, 4) is 17.1 Å². The summed E-state index contributed by atoms with van der Waals surface area (Å²) in [4.78, 5) is 3.99. The van der Waals surface area contributed by atoms with Crippen LogP contribution in [0.5, 0.6) is 5.75 Å². The van der Waals surface area contributed by atoms with E-state index in [1.807, 2.05) is 36.4 Å². The predicted molar refractivity (Wildman–Crippen MR) is 86.6 cm³/mol. The molecule has 3 aromatic rings. The van der Waals surface area contributed by atoms with Crippen LogP contribution in [0.1, 0.15) is 5.56 Å². The third kappa shape index (κ3) is 2.94. The lowest BCUT2D eigenvalue weighted by Crippen LogP contribution is -1.95. The van der Waals surface area contributed by atoms with Crippen molar-refractivity contribution in [2.24, 2.45) is 5.10 Å². The van der Waals surface area contributed by atoms with Gasteiger partial charge in [0.2, 0.25) is 4.77 Å². The Morgan fingerprint density at radius 3 is 2.86 bits per heavy atom. The lowest BCUT2D eigenvalue weighted by atomic mass is 10.2. The molecule has 0 saturated carbocycles. The lowest BCUT2D eigenvalue weighted by Gasteiger charge is -2.01. The Balaban J connectivity index is 1.97. The summed E-state index contributed by atoms with van der Waals surface area (Å²) in [5.41, 5.74) is 1.79. The summed E-state index contributed by atoms with van der Waals surface area (Å²) in [5.74, 6) is 1.40. The number of rotatable bonds is 4. The summed E-state index contributed by atoms with van der Waals surface area (Å²) < 4.78 is 7.19. The summed E-state index contributed by atoms with van der Waals surface area (Å²) in [6.07, 6.45) is 5.10. The van der Waals surface area contributed by atoms with Crippen molar-refractivity contribution in [3.63, 3.8) is 0 Å². The van der Waals surface area contributed by atoms with Crippen molar-refractivity contribution in [2.45, 2.75) is 0 Å². The van der Waals surface area contributed by atoms with Crippen LogP contribution in [0.15, 0.2) is 53.9 Å². The van der Waals surface area contributed by atoms with Gasteiger partial charge < -0.3 is 4.74 Å². The van der Waals surface area contributed by atoms with Crippen LogP contribution in [-0.2, 0) is 0 Å². The van der Waals surface area contributed by atoms with Crippen molar-refractivity contribution in [1.29, 1.82) is 0 Å². The number of hydrogen-bond acceptors (Lipinski definition) is 5. The normalized spacial score (nSPS) is 11.0. The molecule has 1 aromatic carbocycles. The van der Waals surface area contributed by atoms with Crippen LogP contribution in [0.25, 0.3) is 11.4 Å². The summed E-state index contributed by atoms with van der Waals surface area (Å²) >= 11 is 5.23. The van der Waals surface area contributed by atoms with E-state index in [0.29, 0.717) is 10.6 Å². The first-order valence-electron chi connectivity index (χ1n) is 6.54. The van der Waals surface area contributed by atoms with E-state index in [9.17, 15) is 0 Å². The van der Waals surface area contributed by atoms with Crippen LogP contribution in [0.2, 0.25) is 0 Å². The second kappa shape index (κ2) is 6.31. The molecular formula is C15H13N5OS. The molecule has 0 aliphatic heterocycles. The molecule has 0 bridgehead atoms. The van der Waals surface area contributed by atoms with Gasteiger partial charge in [-0.1, -0.05) is 12.1 Å². The largest absolute Gasteiger partial charge is 0.497 e. The second-order valence-electron chi connectivity index (χ2n) is 4.42. The zero-order valence-electron chi connectivity index (χ0n) is 11.8. The molecule has 7 heteroatoms. The third-order valence-electron chi connectivity index (χ3n) is 3.01. The molecular weight excluding hydrogens is 298 g/mol. The van der Waals surface area contributed by atoms with E-state index in [1.54, 1.807) is 30.4 Å². The van der Waals surface area contributed by atoms with Gasteiger partial charge in [0, 0.05) is 18.0 Å². The average molecular weight is 311 g/mol. The third-order valence-corrected chi connectivity index (χ3v) is 3.27. The molecule has 0 aliphatic carbocycles. The minimum Gasteiger partial charge on any atom is -0.497 e. The van der Waals surface area contributed by atoms with Crippen molar-refractivity contribution in [3.05, 3.63) is 59.1 Å². The smallest absolute Gasteiger partial charge is 0.216 e. The zero-order chi connectivity index (χ0) is 15.4. The standard InChI is InChI=1S/C15H13N5OS/c1-21-13-4-2-3-11(9-13)10-17-20-14(18-19-15(20)22)12-5-7-16-8-6-12/h2-10H,1H3,(H,19,22). The number of methoxy groups -OCH3 is 1. The fourth-order valence-corrected chi connectivity index (χ4v) is 2.11. The van der Waals surface area contributed by atoms with Gasteiger partial charge in [0.1, 0.15) is 5.75 Å². The van der Waals surface area contributed by atoms with Crippen molar-refractivity contribution >= 4 is 18.4 Å². The first-order chi connectivity index (χ1) is 10.8. The van der Waals surface area contributed by atoms with E-state index in [2.05, 4.69) is 20.3 Å². The Labute approximate surface area is 132 Å². The quantitative estimate of drug-likeness (QED) is 0.594. The van der Waals surface area contributed by atoms with Gasteiger partial charge in [-0.2, -0.15) is 14.9 Å². The van der Waals surface area contributed by atoms with Crippen molar-refractivity contribution in [2.75, 3.05) is 7.11 Å². The molecule has 2 aromatic heterocycles. The Hall–Kier alpha value is -2.80. The minimum absolute atomic E-state index is 0.422. The van der Waals surface area contributed by atoms with Crippen molar-refractivity contribution < 1.29 is 4.74 Å². The van der Waals surface area contributed by atoms with Gasteiger partial charge in [0.25, 0.3) is 0 Å². The molecule has 2 heterocycles. The SMILES string of the molecule is COc1cccc(C=Nn2c(-c3ccncc3)n[nH]c2=S)c1. The molecule has 0 amide bonds. The molecule has 0 radical (unpaired) electrons. The Bertz CT molecular complexity index is 854. The van der Waals surface area contributed by atoms with Gasteiger partial charge >= 0.3 is 0 Å². The van der Waals surface area contributed by atoms with E-state index in [4.69, 9.17) is 17.0 Å². The van der Waals surface area contributed by atoms with E-state index in [1.165, 1.54) is 0 Å². The number of H-pyrrole nitrogens is 1. The van der Waals surface area contributed by atoms with Crippen LogP contribution >= 0.6 is 12.2 Å². The Morgan fingerprint density at radius 2 is 2.09 bits per heavy atom. The van der Waals surface area contributed by atoms with Crippen molar-refractivity contribution in [1.82, 2.24) is 19.9 Å². The first-order valence-corrected chi connectivity index (χ1v) is 6.95. The van der Waals surface area contributed by atoms with E-state index < -0.39 is 0 Å². The van der Waals surface area contributed by atoms with Crippen LogP contribution in [0.3, 0.4) is 0 Å². The first kappa shape index (κ1) is 14.2. The number of hydrogen-bond donors (Lipinski definition) is 1. The molecule has 6 nitrogen and oxygen atoms in total. The van der Waals surface area contributed by atoms with E-state index in [-0.39, 0.29) is 0 Å². The average Bonchev–Trinajstić information content (AvgIpc) is 2.95. The van der Waals surface area contributed by atoms with Gasteiger partial charge in [0.15, 0.2) is 5.82 Å². The summed E-state index contributed by atoms with van der Waals surface area (Å²) in [6.45, 7) is 0. The van der Waals surface area contributed by atoms with Gasteiger partial charge in [-0.05, 0) is 42.0 Å². The highest BCUT2D eigenvalue weighted by molar-refractivity contribution is 7.71. The van der Waals surface area contributed by atoms with Crippen LogP contribution in [0, 0.1) is 4.77 Å². The summed E-state index contributed by atoms with van der Waals surface area (Å²) in [7, 11) is 1.63. The van der Waals surface area contributed by atoms with Crippen LogP contribution in [-0.4, -0.2) is 33.2 Å². The van der Waals surface area contributed by atoms with Gasteiger partial charge in [-0.25, -0.2) is 5.10 Å². The van der Waals surface area contributed by atoms with E-state index >= 15 is 0 Å². The highest BCUT2D eigenvalue weighted by atomic mass is 32.1. The maximum atomic E-state index is 5.23. The number of ether oxygens (including phenoxy) is 1. The minimum atomic E-state index is 0.422. The molecule has 0 atom stereocenters. The van der Waals surface area contributed by atoms with Crippen LogP contribution in [0.4, 0.5) is 0 Å². The number of aromatic nitrogens is 4. The highest BCUT2D eigenvalue weighted by Gasteiger charge is 2.07. The molecule has 0 unspecified atom stereocenters. The molecule has 110 valence electrons. The Morgan fingerprint density at radius 1 is 1.27 bits per heavy atom. The highest BCUT2D eigenvalue weighted by Crippen LogP contribution is 2.16. The fraction of sp³-hybridized carbons (Fsp3) is 0.0667. The molecule has 22 heavy (non-hydrogen) atoms. The Kier molecular flexibility index (Phi) is 4.06. The fourth-order valence-electron chi connectivity index (χ4n) is 1.93. The van der Waals surface area contributed by atoms with Gasteiger partial charge in [-0.3, -0.25) is 4.98 Å². The maximum absolute atomic E-state index is 5.23. The molecule has 0 spiro atoms. The lowest BCUT2D eigenvalue weighted by molar-refractivity contribution is 0.415. The number of benzene rings is 1. The summed E-state index contributed by atoms with van der Waals surface area (Å²) in [6, 6.07) is 11.3. The van der Waals surface area contributed by atoms with Crippen LogP contribution < -0.4 is 4.74 Å². The van der Waals surface area contributed by atoms with Gasteiger partial charge in [-0.15, -0.1) is 0 Å². The zero-order valence-corrected chi connectivity index (χ0v) is 12.6. The second-order valence-corrected chi connectivity index (χ2v) is 4.81. The molecule has 0 aliphatic rings. The molecule has 3 rings (SSSR count). The maximum Gasteiger partial charge on any atom is 0.216 e. The van der Waals surface area contributed by atoms with Gasteiger partial charge in [0.05, 0.1) is 13.3 Å².